The summed E-state index contributed by atoms with van der Waals surface area (Å²) in [7, 11) is 1.89. The van der Waals surface area contributed by atoms with Crippen LogP contribution in [-0.4, -0.2) is 44.2 Å². The van der Waals surface area contributed by atoms with Crippen LogP contribution < -0.4 is 5.73 Å². The standard InChI is InChI=1S/C12H24N2O2.ClH/c1-14(12(15)3-2-7-13)8-4-11-5-9-16-10-6-11;/h11H,2-10,13H2,1H3;1H. The van der Waals surface area contributed by atoms with Crippen LogP contribution in [0.15, 0.2) is 0 Å². The van der Waals surface area contributed by atoms with Gasteiger partial charge in [-0.1, -0.05) is 0 Å². The van der Waals surface area contributed by atoms with Gasteiger partial charge >= 0.3 is 0 Å². The van der Waals surface area contributed by atoms with Crippen LogP contribution in [0.2, 0.25) is 0 Å². The van der Waals surface area contributed by atoms with Crippen molar-refractivity contribution < 1.29 is 9.53 Å². The Bertz CT molecular complexity index is 209. The molecule has 0 aliphatic carbocycles. The van der Waals surface area contributed by atoms with E-state index in [-0.39, 0.29) is 18.3 Å². The van der Waals surface area contributed by atoms with E-state index in [1.807, 2.05) is 11.9 Å². The molecule has 0 atom stereocenters. The molecule has 17 heavy (non-hydrogen) atoms. The Morgan fingerprint density at radius 1 is 1.41 bits per heavy atom. The SMILES string of the molecule is CN(CCC1CCOCC1)C(=O)CCCN.Cl. The molecule has 4 nitrogen and oxygen atoms in total. The molecule has 2 N–H and O–H groups in total. The molecule has 5 heteroatoms. The second kappa shape index (κ2) is 9.68. The van der Waals surface area contributed by atoms with Crippen molar-refractivity contribution in [3.8, 4) is 0 Å². The van der Waals surface area contributed by atoms with Gasteiger partial charge in [-0.25, -0.2) is 0 Å². The minimum absolute atomic E-state index is 0. The summed E-state index contributed by atoms with van der Waals surface area (Å²) in [6, 6.07) is 0. The fraction of sp³-hybridized carbons (Fsp3) is 0.917. The molecule has 0 radical (unpaired) electrons. The number of nitrogens with zero attached hydrogens (tertiary/aromatic N) is 1. The predicted octanol–water partition coefficient (Wildman–Crippen LogP) is 1.42. The summed E-state index contributed by atoms with van der Waals surface area (Å²) in [5.74, 6) is 0.955. The number of carbonyl (C=O) groups excluding carboxylic acids is 1. The Kier molecular flexibility index (Phi) is 9.50. The molecule has 1 aliphatic heterocycles. The number of amides is 1. The first-order valence-electron chi connectivity index (χ1n) is 6.26. The summed E-state index contributed by atoms with van der Waals surface area (Å²) in [4.78, 5) is 13.5. The van der Waals surface area contributed by atoms with Crippen molar-refractivity contribution in [1.29, 1.82) is 0 Å². The minimum Gasteiger partial charge on any atom is -0.381 e. The molecule has 0 aromatic carbocycles. The van der Waals surface area contributed by atoms with Crippen LogP contribution in [0.1, 0.15) is 32.1 Å². The lowest BCUT2D eigenvalue weighted by molar-refractivity contribution is -0.130. The van der Waals surface area contributed by atoms with Crippen LogP contribution in [0.5, 0.6) is 0 Å². The van der Waals surface area contributed by atoms with E-state index in [0.717, 1.165) is 51.4 Å². The smallest absolute Gasteiger partial charge is 0.222 e. The zero-order valence-corrected chi connectivity index (χ0v) is 11.5. The van der Waals surface area contributed by atoms with Gasteiger partial charge in [-0.3, -0.25) is 4.79 Å². The number of hydrogen-bond acceptors (Lipinski definition) is 3. The van der Waals surface area contributed by atoms with Crippen LogP contribution in [0, 0.1) is 5.92 Å². The van der Waals surface area contributed by atoms with Crippen molar-refractivity contribution in [2.45, 2.75) is 32.1 Å². The molecule has 1 aliphatic rings. The highest BCUT2D eigenvalue weighted by atomic mass is 35.5. The molecule has 102 valence electrons. The molecule has 0 unspecified atom stereocenters. The summed E-state index contributed by atoms with van der Waals surface area (Å²) < 4.78 is 5.31. The third-order valence-electron chi connectivity index (χ3n) is 3.23. The zero-order valence-electron chi connectivity index (χ0n) is 10.7. The van der Waals surface area contributed by atoms with Crippen LogP contribution in [0.3, 0.4) is 0 Å². The number of hydrogen-bond donors (Lipinski definition) is 1. The van der Waals surface area contributed by atoms with Crippen molar-refractivity contribution in [2.24, 2.45) is 11.7 Å². The molecule has 1 heterocycles. The number of rotatable bonds is 6. The summed E-state index contributed by atoms with van der Waals surface area (Å²) in [6.07, 6.45) is 4.77. The van der Waals surface area contributed by atoms with E-state index in [9.17, 15) is 4.79 Å². The number of ether oxygens (including phenoxy) is 1. The van der Waals surface area contributed by atoms with E-state index >= 15 is 0 Å². The first-order chi connectivity index (χ1) is 7.74. The van der Waals surface area contributed by atoms with E-state index < -0.39 is 0 Å². The van der Waals surface area contributed by atoms with Gasteiger partial charge in [-0.15, -0.1) is 12.4 Å². The first kappa shape index (κ1) is 16.7. The maximum atomic E-state index is 11.6. The highest BCUT2D eigenvalue weighted by molar-refractivity contribution is 5.85. The number of carbonyl (C=O) groups is 1. The minimum atomic E-state index is 0. The summed E-state index contributed by atoms with van der Waals surface area (Å²) >= 11 is 0. The largest absolute Gasteiger partial charge is 0.381 e. The molecule has 1 amide bonds. The first-order valence-corrected chi connectivity index (χ1v) is 6.26. The molecule has 0 saturated carbocycles. The molecule has 0 aromatic rings. The highest BCUT2D eigenvalue weighted by Gasteiger charge is 2.15. The Hall–Kier alpha value is -0.320. The average molecular weight is 265 g/mol. The third kappa shape index (κ3) is 6.86. The van der Waals surface area contributed by atoms with Crippen LogP contribution in [0.25, 0.3) is 0 Å². The second-order valence-corrected chi connectivity index (χ2v) is 4.55. The Morgan fingerprint density at radius 3 is 2.65 bits per heavy atom. The van der Waals surface area contributed by atoms with Gasteiger partial charge in [0.25, 0.3) is 0 Å². The van der Waals surface area contributed by atoms with E-state index in [0.29, 0.717) is 13.0 Å². The van der Waals surface area contributed by atoms with E-state index in [2.05, 4.69) is 0 Å². The molecule has 0 bridgehead atoms. The van der Waals surface area contributed by atoms with Crippen LogP contribution in [0.4, 0.5) is 0 Å². The lowest BCUT2D eigenvalue weighted by Gasteiger charge is -2.24. The van der Waals surface area contributed by atoms with Gasteiger partial charge in [-0.2, -0.15) is 0 Å². The van der Waals surface area contributed by atoms with E-state index in [1.54, 1.807) is 0 Å². The van der Waals surface area contributed by atoms with Gasteiger partial charge in [0.1, 0.15) is 0 Å². The quantitative estimate of drug-likeness (QED) is 0.790. The normalized spacial score (nSPS) is 16.4. The van der Waals surface area contributed by atoms with Crippen LogP contribution >= 0.6 is 12.4 Å². The van der Waals surface area contributed by atoms with Gasteiger partial charge < -0.3 is 15.4 Å². The van der Waals surface area contributed by atoms with Crippen molar-refractivity contribution in [3.63, 3.8) is 0 Å². The van der Waals surface area contributed by atoms with Gasteiger partial charge in [0, 0.05) is 33.2 Å². The Labute approximate surface area is 110 Å². The average Bonchev–Trinajstić information content (AvgIpc) is 2.34. The van der Waals surface area contributed by atoms with Gasteiger partial charge in [0.2, 0.25) is 5.91 Å². The topological polar surface area (TPSA) is 55.6 Å². The van der Waals surface area contributed by atoms with Crippen LogP contribution in [-0.2, 0) is 9.53 Å². The molecule has 0 spiro atoms. The molecule has 1 rings (SSSR count). The lowest BCUT2D eigenvalue weighted by Crippen LogP contribution is -2.30. The fourth-order valence-electron chi connectivity index (χ4n) is 1.98. The van der Waals surface area contributed by atoms with Crippen molar-refractivity contribution in [2.75, 3.05) is 33.4 Å². The van der Waals surface area contributed by atoms with Crippen molar-refractivity contribution >= 4 is 18.3 Å². The second-order valence-electron chi connectivity index (χ2n) is 4.55. The maximum Gasteiger partial charge on any atom is 0.222 e. The van der Waals surface area contributed by atoms with Crippen molar-refractivity contribution in [1.82, 2.24) is 4.90 Å². The lowest BCUT2D eigenvalue weighted by atomic mass is 9.96. The number of halogens is 1. The monoisotopic (exact) mass is 264 g/mol. The third-order valence-corrected chi connectivity index (χ3v) is 3.23. The van der Waals surface area contributed by atoms with Gasteiger partial charge in [0.05, 0.1) is 0 Å². The van der Waals surface area contributed by atoms with Crippen molar-refractivity contribution in [3.05, 3.63) is 0 Å². The van der Waals surface area contributed by atoms with Gasteiger partial charge in [0.15, 0.2) is 0 Å². The molecular weight excluding hydrogens is 240 g/mol. The molecule has 1 saturated heterocycles. The summed E-state index contributed by atoms with van der Waals surface area (Å²) in [5, 5.41) is 0. The van der Waals surface area contributed by atoms with Gasteiger partial charge in [-0.05, 0) is 38.1 Å². The molecule has 0 aromatic heterocycles. The summed E-state index contributed by atoms with van der Waals surface area (Å²) in [5.41, 5.74) is 5.38. The molecule has 1 fully saturated rings. The predicted molar refractivity (Wildman–Crippen MR) is 71.3 cm³/mol. The Balaban J connectivity index is 0.00000256. The molecular formula is C12H25ClN2O2. The van der Waals surface area contributed by atoms with E-state index in [1.165, 1.54) is 0 Å². The maximum absolute atomic E-state index is 11.6. The highest BCUT2D eigenvalue weighted by Crippen LogP contribution is 2.18. The Morgan fingerprint density at radius 2 is 2.06 bits per heavy atom. The zero-order chi connectivity index (χ0) is 11.8. The van der Waals surface area contributed by atoms with E-state index in [4.69, 9.17) is 10.5 Å². The fourth-order valence-corrected chi connectivity index (χ4v) is 1.98. The number of nitrogens with two attached hydrogens (primary N) is 1. The summed E-state index contributed by atoms with van der Waals surface area (Å²) in [6.45, 7) is 3.23.